The summed E-state index contributed by atoms with van der Waals surface area (Å²) in [6, 6.07) is 5.63. The Kier molecular flexibility index (Phi) is 2.56. The van der Waals surface area contributed by atoms with E-state index in [2.05, 4.69) is 0 Å². The zero-order valence-corrected chi connectivity index (χ0v) is 9.01. The molecule has 0 spiro atoms. The Morgan fingerprint density at radius 3 is 2.56 bits per heavy atom. The molecule has 1 atom stereocenters. The van der Waals surface area contributed by atoms with Gasteiger partial charge < -0.3 is 0 Å². The molecule has 0 saturated carbocycles. The average Bonchev–Trinajstić information content (AvgIpc) is 2.66. The van der Waals surface area contributed by atoms with Gasteiger partial charge in [0.05, 0.1) is 5.56 Å². The van der Waals surface area contributed by atoms with Crippen LogP contribution in [0.15, 0.2) is 36.4 Å². The Labute approximate surface area is 92.8 Å². The number of benzene rings is 1. The summed E-state index contributed by atoms with van der Waals surface area (Å²) in [4.78, 5) is 0. The summed E-state index contributed by atoms with van der Waals surface area (Å²) in [5, 5.41) is 0. The number of hydrogen-bond donors (Lipinski definition) is 0. The van der Waals surface area contributed by atoms with Crippen molar-refractivity contribution in [3.63, 3.8) is 0 Å². The summed E-state index contributed by atoms with van der Waals surface area (Å²) in [5.41, 5.74) is -0.0519. The topological polar surface area (TPSA) is 0 Å². The highest BCUT2D eigenvalue weighted by Gasteiger charge is 2.33. The number of allylic oxidation sites excluding steroid dienone is 2. The van der Waals surface area contributed by atoms with Crippen LogP contribution in [0, 0.1) is 0 Å². The normalized spacial score (nSPS) is 25.0. The van der Waals surface area contributed by atoms with Crippen LogP contribution in [-0.4, -0.2) is 0 Å². The Balaban J connectivity index is 2.40. The smallest absolute Gasteiger partial charge is 0.166 e. The molecule has 1 aliphatic carbocycles. The second kappa shape index (κ2) is 3.65. The van der Waals surface area contributed by atoms with Crippen molar-refractivity contribution in [1.29, 1.82) is 0 Å². The summed E-state index contributed by atoms with van der Waals surface area (Å²) >= 11 is 0. The van der Waals surface area contributed by atoms with Crippen LogP contribution in [0.3, 0.4) is 0 Å². The van der Waals surface area contributed by atoms with Crippen molar-refractivity contribution in [2.24, 2.45) is 0 Å². The molecule has 0 unspecified atom stereocenters. The third-order valence-corrected chi connectivity index (χ3v) is 3.17. The van der Waals surface area contributed by atoms with Crippen molar-refractivity contribution in [2.45, 2.75) is 31.4 Å². The third-order valence-electron chi connectivity index (χ3n) is 3.17. The number of rotatable bonds is 1. The molecule has 0 N–H and O–H groups in total. The van der Waals surface area contributed by atoms with Crippen LogP contribution < -0.4 is 0 Å². The SMILES string of the molecule is C[C@]1(c2cccc(C(F)(F)F)c2)C=CCC1. The van der Waals surface area contributed by atoms with Crippen LogP contribution in [0.25, 0.3) is 0 Å². The summed E-state index contributed by atoms with van der Waals surface area (Å²) < 4.78 is 37.7. The van der Waals surface area contributed by atoms with E-state index in [0.717, 1.165) is 24.5 Å². The van der Waals surface area contributed by atoms with E-state index >= 15 is 0 Å². The molecule has 0 fully saturated rings. The first-order valence-corrected chi connectivity index (χ1v) is 5.27. The maximum Gasteiger partial charge on any atom is 0.416 e. The number of halogens is 3. The molecular formula is C13H13F3. The third kappa shape index (κ3) is 1.99. The Morgan fingerprint density at radius 1 is 1.25 bits per heavy atom. The first-order chi connectivity index (χ1) is 7.42. The molecule has 0 aliphatic heterocycles. The minimum absolute atomic E-state index is 0.235. The van der Waals surface area contributed by atoms with Gasteiger partial charge >= 0.3 is 6.18 Å². The van der Waals surface area contributed by atoms with Crippen molar-refractivity contribution in [3.8, 4) is 0 Å². The quantitative estimate of drug-likeness (QED) is 0.626. The van der Waals surface area contributed by atoms with E-state index < -0.39 is 11.7 Å². The fourth-order valence-corrected chi connectivity index (χ4v) is 2.10. The summed E-state index contributed by atoms with van der Waals surface area (Å²) in [5.74, 6) is 0. The molecule has 1 aromatic rings. The second-order valence-electron chi connectivity index (χ2n) is 4.44. The average molecular weight is 226 g/mol. The van der Waals surface area contributed by atoms with Crippen molar-refractivity contribution in [2.75, 3.05) is 0 Å². The molecule has 0 radical (unpaired) electrons. The van der Waals surface area contributed by atoms with Gasteiger partial charge in [-0.1, -0.05) is 37.3 Å². The summed E-state index contributed by atoms with van der Waals surface area (Å²) in [6.07, 6.45) is 1.60. The van der Waals surface area contributed by atoms with Gasteiger partial charge in [0.1, 0.15) is 0 Å². The van der Waals surface area contributed by atoms with Crippen molar-refractivity contribution < 1.29 is 13.2 Å². The van der Waals surface area contributed by atoms with Gasteiger partial charge in [0.2, 0.25) is 0 Å². The highest BCUT2D eigenvalue weighted by Crippen LogP contribution is 2.38. The van der Waals surface area contributed by atoms with E-state index in [-0.39, 0.29) is 5.41 Å². The predicted molar refractivity (Wildman–Crippen MR) is 57.2 cm³/mol. The molecule has 0 bridgehead atoms. The molecule has 0 saturated heterocycles. The van der Waals surface area contributed by atoms with Gasteiger partial charge in [-0.2, -0.15) is 13.2 Å². The van der Waals surface area contributed by atoms with Gasteiger partial charge in [-0.3, -0.25) is 0 Å². The van der Waals surface area contributed by atoms with Crippen molar-refractivity contribution in [1.82, 2.24) is 0 Å². The molecule has 0 amide bonds. The largest absolute Gasteiger partial charge is 0.416 e. The standard InChI is InChI=1S/C13H13F3/c1-12(7-2-3-8-12)10-5-4-6-11(9-10)13(14,15)16/h2,4-7,9H,3,8H2,1H3/t12-/m0/s1. The van der Waals surface area contributed by atoms with Crippen molar-refractivity contribution >= 4 is 0 Å². The minimum atomic E-state index is -4.26. The van der Waals surface area contributed by atoms with Crippen LogP contribution >= 0.6 is 0 Å². The molecule has 3 heteroatoms. The molecule has 1 aliphatic rings. The van der Waals surface area contributed by atoms with Gasteiger partial charge in [-0.15, -0.1) is 0 Å². The second-order valence-corrected chi connectivity index (χ2v) is 4.44. The van der Waals surface area contributed by atoms with Crippen molar-refractivity contribution in [3.05, 3.63) is 47.5 Å². The van der Waals surface area contributed by atoms with E-state index in [1.165, 1.54) is 12.1 Å². The van der Waals surface area contributed by atoms with Crippen LogP contribution in [0.4, 0.5) is 13.2 Å². The molecule has 16 heavy (non-hydrogen) atoms. The first kappa shape index (κ1) is 11.2. The van der Waals surface area contributed by atoms with E-state index in [0.29, 0.717) is 0 Å². The van der Waals surface area contributed by atoms with E-state index in [1.807, 2.05) is 19.1 Å². The van der Waals surface area contributed by atoms with Gasteiger partial charge in [-0.25, -0.2) is 0 Å². The fraction of sp³-hybridized carbons (Fsp3) is 0.385. The lowest BCUT2D eigenvalue weighted by Crippen LogP contribution is -2.17. The zero-order chi connectivity index (χ0) is 11.8. The van der Waals surface area contributed by atoms with E-state index in [1.54, 1.807) is 6.07 Å². The Morgan fingerprint density at radius 2 is 2.00 bits per heavy atom. The molecular weight excluding hydrogens is 213 g/mol. The predicted octanol–water partition coefficient (Wildman–Crippen LogP) is 4.31. The lowest BCUT2D eigenvalue weighted by molar-refractivity contribution is -0.137. The maximum atomic E-state index is 12.6. The molecule has 1 aromatic carbocycles. The van der Waals surface area contributed by atoms with Gasteiger partial charge in [0, 0.05) is 5.41 Å². The zero-order valence-electron chi connectivity index (χ0n) is 9.01. The Bertz CT molecular complexity index is 417. The highest BCUT2D eigenvalue weighted by atomic mass is 19.4. The van der Waals surface area contributed by atoms with E-state index in [9.17, 15) is 13.2 Å². The molecule has 0 aromatic heterocycles. The Hall–Kier alpha value is -1.25. The number of alkyl halides is 3. The van der Waals surface area contributed by atoms with Crippen LogP contribution in [0.5, 0.6) is 0 Å². The number of hydrogen-bond acceptors (Lipinski definition) is 0. The highest BCUT2D eigenvalue weighted by molar-refractivity contribution is 5.36. The van der Waals surface area contributed by atoms with E-state index in [4.69, 9.17) is 0 Å². The molecule has 0 heterocycles. The van der Waals surface area contributed by atoms with Gasteiger partial charge in [-0.05, 0) is 24.5 Å². The van der Waals surface area contributed by atoms with Crippen LogP contribution in [0.1, 0.15) is 30.9 Å². The first-order valence-electron chi connectivity index (χ1n) is 5.27. The summed E-state index contributed by atoms with van der Waals surface area (Å²) in [7, 11) is 0. The van der Waals surface area contributed by atoms with Gasteiger partial charge in [0.25, 0.3) is 0 Å². The fourth-order valence-electron chi connectivity index (χ4n) is 2.10. The molecule has 2 rings (SSSR count). The lowest BCUT2D eigenvalue weighted by Gasteiger charge is -2.23. The maximum absolute atomic E-state index is 12.6. The van der Waals surface area contributed by atoms with Gasteiger partial charge in [0.15, 0.2) is 0 Å². The van der Waals surface area contributed by atoms with Crippen LogP contribution in [-0.2, 0) is 11.6 Å². The molecule has 0 nitrogen and oxygen atoms in total. The van der Waals surface area contributed by atoms with Crippen LogP contribution in [0.2, 0.25) is 0 Å². The lowest BCUT2D eigenvalue weighted by atomic mass is 9.81. The molecule has 86 valence electrons. The monoisotopic (exact) mass is 226 g/mol. The minimum Gasteiger partial charge on any atom is -0.166 e. The summed E-state index contributed by atoms with van der Waals surface area (Å²) in [6.45, 7) is 1.98.